The van der Waals surface area contributed by atoms with Crippen LogP contribution in [0.1, 0.15) is 31.1 Å². The monoisotopic (exact) mass is 420 g/mol. The average Bonchev–Trinajstić information content (AvgIpc) is 2.72. The Morgan fingerprint density at radius 1 is 0.966 bits per heavy atom. The molecule has 2 aromatic carbocycles. The summed E-state index contributed by atoms with van der Waals surface area (Å²) in [6, 6.07) is 10.9. The molecule has 2 aromatic rings. The van der Waals surface area contributed by atoms with Crippen LogP contribution < -0.4 is 19.1 Å². The predicted octanol–water partition coefficient (Wildman–Crippen LogP) is 3.30. The zero-order chi connectivity index (χ0) is 21.8. The van der Waals surface area contributed by atoms with Gasteiger partial charge in [0.1, 0.15) is 0 Å². The molecule has 0 bridgehead atoms. The zero-order valence-electron chi connectivity index (χ0n) is 17.6. The number of ether oxygens (including phenoxy) is 2. The highest BCUT2D eigenvalue weighted by Crippen LogP contribution is 2.31. The molecule has 0 aromatic heterocycles. The summed E-state index contributed by atoms with van der Waals surface area (Å²) in [6.07, 6.45) is 0. The second kappa shape index (κ2) is 9.17. The van der Waals surface area contributed by atoms with Crippen molar-refractivity contribution in [2.45, 2.75) is 31.7 Å². The van der Waals surface area contributed by atoms with E-state index >= 15 is 0 Å². The quantitative estimate of drug-likeness (QED) is 0.708. The summed E-state index contributed by atoms with van der Waals surface area (Å²) in [5, 5.41) is 2.93. The van der Waals surface area contributed by atoms with Crippen LogP contribution in [-0.2, 0) is 10.0 Å². The molecule has 1 N–H and O–H groups in total. The smallest absolute Gasteiger partial charge is 0.264 e. The molecule has 29 heavy (non-hydrogen) atoms. The second-order valence-corrected chi connectivity index (χ2v) is 9.01. The summed E-state index contributed by atoms with van der Waals surface area (Å²) in [6.45, 7) is 6.00. The van der Waals surface area contributed by atoms with Crippen molar-refractivity contribution in [3.8, 4) is 11.5 Å². The maximum atomic E-state index is 13.0. The van der Waals surface area contributed by atoms with Crippen LogP contribution in [0.5, 0.6) is 11.5 Å². The third-order valence-electron chi connectivity index (χ3n) is 4.87. The zero-order valence-corrected chi connectivity index (χ0v) is 18.4. The number of nitrogens with one attached hydrogen (secondary N) is 1. The number of anilines is 1. The molecule has 0 radical (unpaired) electrons. The van der Waals surface area contributed by atoms with E-state index in [0.29, 0.717) is 28.7 Å². The van der Waals surface area contributed by atoms with Crippen LogP contribution in [0, 0.1) is 5.92 Å². The Labute approximate surface area is 172 Å². The van der Waals surface area contributed by atoms with Crippen molar-refractivity contribution in [2.75, 3.05) is 25.6 Å². The fraction of sp³-hybridized carbons (Fsp3) is 0.381. The molecule has 7 nitrogen and oxygen atoms in total. The van der Waals surface area contributed by atoms with E-state index in [1.165, 1.54) is 33.4 Å². The molecule has 0 aliphatic rings. The molecule has 0 unspecified atom stereocenters. The molecule has 0 heterocycles. The van der Waals surface area contributed by atoms with Gasteiger partial charge >= 0.3 is 0 Å². The number of amides is 1. The first-order chi connectivity index (χ1) is 13.6. The first kappa shape index (κ1) is 22.5. The summed E-state index contributed by atoms with van der Waals surface area (Å²) >= 11 is 0. The number of carbonyl (C=O) groups excluding carboxylic acids is 1. The molecular formula is C21H28N2O5S. The Balaban J connectivity index is 2.25. The highest BCUT2D eigenvalue weighted by Gasteiger charge is 2.23. The summed E-state index contributed by atoms with van der Waals surface area (Å²) < 4.78 is 37.5. The number of nitrogens with zero attached hydrogens (tertiary/aromatic N) is 1. The molecule has 0 aliphatic heterocycles. The molecule has 8 heteroatoms. The molecule has 0 saturated heterocycles. The van der Waals surface area contributed by atoms with Crippen LogP contribution in [0.15, 0.2) is 47.4 Å². The van der Waals surface area contributed by atoms with Gasteiger partial charge in [-0.1, -0.05) is 13.8 Å². The average molecular weight is 421 g/mol. The molecule has 0 fully saturated rings. The van der Waals surface area contributed by atoms with Gasteiger partial charge in [-0.25, -0.2) is 8.42 Å². The first-order valence-electron chi connectivity index (χ1n) is 9.23. The van der Waals surface area contributed by atoms with Gasteiger partial charge in [0.25, 0.3) is 15.9 Å². The van der Waals surface area contributed by atoms with Gasteiger partial charge in [-0.05, 0) is 49.2 Å². The minimum absolute atomic E-state index is 0.0373. The van der Waals surface area contributed by atoms with Crippen LogP contribution >= 0.6 is 0 Å². The Bertz CT molecular complexity index is 956. The fourth-order valence-electron chi connectivity index (χ4n) is 2.55. The number of carbonyl (C=O) groups is 1. The second-order valence-electron chi connectivity index (χ2n) is 7.04. The molecule has 0 spiro atoms. The Kier molecular flexibility index (Phi) is 7.13. The molecular weight excluding hydrogens is 392 g/mol. The minimum atomic E-state index is -3.82. The maximum Gasteiger partial charge on any atom is 0.264 e. The fourth-order valence-corrected chi connectivity index (χ4v) is 3.76. The lowest BCUT2D eigenvalue weighted by molar-refractivity contribution is 0.0930. The largest absolute Gasteiger partial charge is 0.493 e. The lowest BCUT2D eigenvalue weighted by Crippen LogP contribution is -2.36. The van der Waals surface area contributed by atoms with E-state index in [1.54, 1.807) is 30.3 Å². The van der Waals surface area contributed by atoms with Gasteiger partial charge in [0.2, 0.25) is 0 Å². The lowest BCUT2D eigenvalue weighted by atomic mass is 10.1. The molecule has 158 valence electrons. The molecule has 1 amide bonds. The number of methoxy groups -OCH3 is 2. The number of hydrogen-bond donors (Lipinski definition) is 1. The van der Waals surface area contributed by atoms with Gasteiger partial charge in [0.05, 0.1) is 24.8 Å². The van der Waals surface area contributed by atoms with E-state index in [2.05, 4.69) is 5.32 Å². The predicted molar refractivity (Wildman–Crippen MR) is 113 cm³/mol. The number of rotatable bonds is 8. The highest BCUT2D eigenvalue weighted by atomic mass is 32.2. The van der Waals surface area contributed by atoms with Gasteiger partial charge in [-0.15, -0.1) is 0 Å². The summed E-state index contributed by atoms with van der Waals surface area (Å²) in [7, 11) is 0.575. The molecule has 0 saturated carbocycles. The molecule has 2 rings (SSSR count). The van der Waals surface area contributed by atoms with E-state index < -0.39 is 10.0 Å². The van der Waals surface area contributed by atoms with Crippen LogP contribution in [-0.4, -0.2) is 41.6 Å². The van der Waals surface area contributed by atoms with Crippen molar-refractivity contribution in [1.82, 2.24) is 5.32 Å². The van der Waals surface area contributed by atoms with Gasteiger partial charge in [-0.3, -0.25) is 9.10 Å². The van der Waals surface area contributed by atoms with Crippen LogP contribution in [0.25, 0.3) is 0 Å². The normalized spacial score (nSPS) is 12.4. The van der Waals surface area contributed by atoms with Gasteiger partial charge < -0.3 is 14.8 Å². The van der Waals surface area contributed by atoms with Crippen molar-refractivity contribution in [1.29, 1.82) is 0 Å². The van der Waals surface area contributed by atoms with E-state index in [1.807, 2.05) is 20.8 Å². The Morgan fingerprint density at radius 3 is 2.07 bits per heavy atom. The van der Waals surface area contributed by atoms with E-state index in [9.17, 15) is 13.2 Å². The van der Waals surface area contributed by atoms with Crippen molar-refractivity contribution >= 4 is 21.6 Å². The van der Waals surface area contributed by atoms with Crippen LogP contribution in [0.3, 0.4) is 0 Å². The summed E-state index contributed by atoms with van der Waals surface area (Å²) in [5.74, 6) is 0.896. The van der Waals surface area contributed by atoms with Crippen molar-refractivity contribution < 1.29 is 22.7 Å². The SMILES string of the molecule is COc1ccc(S(=O)(=O)N(C)c2ccc(C(=O)N[C@@H](C)C(C)C)cc2)cc1OC. The molecule has 1 atom stereocenters. The van der Waals surface area contributed by atoms with E-state index in [4.69, 9.17) is 9.47 Å². The van der Waals surface area contributed by atoms with Crippen molar-refractivity contribution in [3.63, 3.8) is 0 Å². The number of sulfonamides is 1. The van der Waals surface area contributed by atoms with Crippen LogP contribution in [0.2, 0.25) is 0 Å². The number of benzene rings is 2. The Morgan fingerprint density at radius 2 is 1.55 bits per heavy atom. The third kappa shape index (κ3) is 5.00. The van der Waals surface area contributed by atoms with Gasteiger partial charge in [0.15, 0.2) is 11.5 Å². The summed E-state index contributed by atoms with van der Waals surface area (Å²) in [5.41, 5.74) is 0.909. The lowest BCUT2D eigenvalue weighted by Gasteiger charge is -2.21. The maximum absolute atomic E-state index is 13.0. The Hall–Kier alpha value is -2.74. The van der Waals surface area contributed by atoms with E-state index in [0.717, 1.165) is 4.31 Å². The number of hydrogen-bond acceptors (Lipinski definition) is 5. The van der Waals surface area contributed by atoms with Crippen LogP contribution in [0.4, 0.5) is 5.69 Å². The minimum Gasteiger partial charge on any atom is -0.493 e. The van der Waals surface area contributed by atoms with Gasteiger partial charge in [-0.2, -0.15) is 0 Å². The third-order valence-corrected chi connectivity index (χ3v) is 6.65. The molecule has 0 aliphatic carbocycles. The topological polar surface area (TPSA) is 84.9 Å². The van der Waals surface area contributed by atoms with Gasteiger partial charge in [0, 0.05) is 24.7 Å². The van der Waals surface area contributed by atoms with Crippen molar-refractivity contribution in [2.24, 2.45) is 5.92 Å². The van der Waals surface area contributed by atoms with E-state index in [-0.39, 0.29) is 16.8 Å². The first-order valence-corrected chi connectivity index (χ1v) is 10.7. The van der Waals surface area contributed by atoms with Crippen molar-refractivity contribution in [3.05, 3.63) is 48.0 Å². The summed E-state index contributed by atoms with van der Waals surface area (Å²) in [4.78, 5) is 12.4. The highest BCUT2D eigenvalue weighted by molar-refractivity contribution is 7.92. The standard InChI is InChI=1S/C21H28N2O5S/c1-14(2)15(3)22-21(24)16-7-9-17(10-8-16)23(4)29(25,26)18-11-12-19(27-5)20(13-18)28-6/h7-15H,1-6H3,(H,22,24)/t15-/m0/s1.